The van der Waals surface area contributed by atoms with Gasteiger partial charge in [-0.1, -0.05) is 13.8 Å². The van der Waals surface area contributed by atoms with Crippen LogP contribution in [0.2, 0.25) is 0 Å². The van der Waals surface area contributed by atoms with E-state index in [1.807, 2.05) is 0 Å². The summed E-state index contributed by atoms with van der Waals surface area (Å²) in [5, 5.41) is 0. The van der Waals surface area contributed by atoms with Crippen molar-refractivity contribution in [3.05, 3.63) is 0 Å². The third-order valence-corrected chi connectivity index (χ3v) is 1.83. The Bertz CT molecular complexity index is 106. The largest absolute Gasteiger partial charge is 0.350 e. The van der Waals surface area contributed by atoms with Gasteiger partial charge < -0.3 is 9.47 Å². The van der Waals surface area contributed by atoms with E-state index >= 15 is 0 Å². The second kappa shape index (κ2) is 3.56. The van der Waals surface area contributed by atoms with Gasteiger partial charge in [-0.2, -0.15) is 0 Å². The minimum atomic E-state index is -0.0382. The molecule has 1 heterocycles. The number of hydrogen-bond donors (Lipinski definition) is 0. The molecule has 1 saturated heterocycles. The van der Waals surface area contributed by atoms with E-state index in [-0.39, 0.29) is 12.4 Å². The predicted molar refractivity (Wildman–Crippen MR) is 40.2 cm³/mol. The van der Waals surface area contributed by atoms with Gasteiger partial charge in [-0.05, 0) is 0 Å². The molecule has 0 saturated carbocycles. The monoisotopic (exact) mass is 164 g/mol. The fourth-order valence-electron chi connectivity index (χ4n) is 0.901. The summed E-state index contributed by atoms with van der Waals surface area (Å²) < 4.78 is 10.7. The van der Waals surface area contributed by atoms with Crippen LogP contribution in [-0.4, -0.2) is 24.9 Å². The van der Waals surface area contributed by atoms with E-state index in [2.05, 4.69) is 13.8 Å². The summed E-state index contributed by atoms with van der Waals surface area (Å²) in [6, 6.07) is 0. The standard InChI is InChI=1S/C7H13ClO2/c1-5(2)7-9-4-6(3-8)10-7/h5-7H,3-4H2,1-2H3/t6-,7+/m1/s1. The normalized spacial score (nSPS) is 33.6. The number of halogens is 1. The third-order valence-electron chi connectivity index (χ3n) is 1.49. The summed E-state index contributed by atoms with van der Waals surface area (Å²) in [4.78, 5) is 0. The van der Waals surface area contributed by atoms with Gasteiger partial charge in [-0.15, -0.1) is 11.6 Å². The van der Waals surface area contributed by atoms with Crippen molar-refractivity contribution in [3.8, 4) is 0 Å². The van der Waals surface area contributed by atoms with Crippen LogP contribution in [0.5, 0.6) is 0 Å². The van der Waals surface area contributed by atoms with Crippen LogP contribution in [0.15, 0.2) is 0 Å². The molecule has 0 amide bonds. The van der Waals surface area contributed by atoms with E-state index in [0.29, 0.717) is 18.4 Å². The molecule has 3 heteroatoms. The van der Waals surface area contributed by atoms with E-state index in [4.69, 9.17) is 21.1 Å². The molecule has 1 aliphatic heterocycles. The predicted octanol–water partition coefficient (Wildman–Crippen LogP) is 1.62. The number of rotatable bonds is 2. The molecule has 0 aromatic heterocycles. The Hall–Kier alpha value is 0.210. The average molecular weight is 165 g/mol. The Morgan fingerprint density at radius 3 is 2.60 bits per heavy atom. The quantitative estimate of drug-likeness (QED) is 0.578. The van der Waals surface area contributed by atoms with Gasteiger partial charge in [-0.25, -0.2) is 0 Å². The van der Waals surface area contributed by atoms with Crippen molar-refractivity contribution >= 4 is 11.6 Å². The van der Waals surface area contributed by atoms with Crippen LogP contribution in [0, 0.1) is 5.92 Å². The van der Waals surface area contributed by atoms with Gasteiger partial charge in [0, 0.05) is 5.92 Å². The molecule has 60 valence electrons. The molecule has 0 bridgehead atoms. The second-order valence-corrected chi connectivity index (χ2v) is 3.17. The molecule has 2 nitrogen and oxygen atoms in total. The van der Waals surface area contributed by atoms with Gasteiger partial charge >= 0.3 is 0 Å². The molecular weight excluding hydrogens is 152 g/mol. The SMILES string of the molecule is CC(C)[C@H]1OC[C@@H](CCl)O1. The van der Waals surface area contributed by atoms with Crippen LogP contribution in [-0.2, 0) is 9.47 Å². The van der Waals surface area contributed by atoms with Crippen molar-refractivity contribution in [2.45, 2.75) is 26.2 Å². The maximum Gasteiger partial charge on any atom is 0.160 e. The second-order valence-electron chi connectivity index (χ2n) is 2.86. The van der Waals surface area contributed by atoms with E-state index < -0.39 is 0 Å². The highest BCUT2D eigenvalue weighted by Gasteiger charge is 2.27. The Labute approximate surface area is 66.5 Å². The molecule has 0 unspecified atom stereocenters. The summed E-state index contributed by atoms with van der Waals surface area (Å²) in [6.45, 7) is 4.79. The molecule has 0 aliphatic carbocycles. The Morgan fingerprint density at radius 1 is 1.60 bits per heavy atom. The van der Waals surface area contributed by atoms with Crippen molar-refractivity contribution in [1.82, 2.24) is 0 Å². The molecular formula is C7H13ClO2. The highest BCUT2D eigenvalue weighted by atomic mass is 35.5. The lowest BCUT2D eigenvalue weighted by Gasteiger charge is -2.12. The van der Waals surface area contributed by atoms with Crippen LogP contribution < -0.4 is 0 Å². The van der Waals surface area contributed by atoms with Crippen molar-refractivity contribution < 1.29 is 9.47 Å². The van der Waals surface area contributed by atoms with Crippen LogP contribution in [0.3, 0.4) is 0 Å². The summed E-state index contributed by atoms with van der Waals surface area (Å²) in [5.41, 5.74) is 0. The summed E-state index contributed by atoms with van der Waals surface area (Å²) >= 11 is 5.57. The highest BCUT2D eigenvalue weighted by molar-refractivity contribution is 6.18. The van der Waals surface area contributed by atoms with Crippen LogP contribution in [0.25, 0.3) is 0 Å². The van der Waals surface area contributed by atoms with E-state index in [1.54, 1.807) is 0 Å². The first-order chi connectivity index (χ1) is 4.74. The molecule has 0 radical (unpaired) electrons. The minimum Gasteiger partial charge on any atom is -0.350 e. The molecule has 1 fully saturated rings. The highest BCUT2D eigenvalue weighted by Crippen LogP contribution is 2.18. The fraction of sp³-hybridized carbons (Fsp3) is 1.00. The van der Waals surface area contributed by atoms with Gasteiger partial charge in [0.1, 0.15) is 0 Å². The zero-order valence-corrected chi connectivity index (χ0v) is 7.10. The van der Waals surface area contributed by atoms with Crippen molar-refractivity contribution in [1.29, 1.82) is 0 Å². The first-order valence-corrected chi connectivity index (χ1v) is 4.10. The van der Waals surface area contributed by atoms with Crippen molar-refractivity contribution in [3.63, 3.8) is 0 Å². The maximum atomic E-state index is 5.57. The Morgan fingerprint density at radius 2 is 2.30 bits per heavy atom. The lowest BCUT2D eigenvalue weighted by Crippen LogP contribution is -2.18. The third kappa shape index (κ3) is 1.84. The number of alkyl halides is 1. The molecule has 2 atom stereocenters. The van der Waals surface area contributed by atoms with Crippen molar-refractivity contribution in [2.75, 3.05) is 12.5 Å². The summed E-state index contributed by atoms with van der Waals surface area (Å²) in [6.07, 6.45) is 0.0674. The molecule has 1 aliphatic rings. The maximum absolute atomic E-state index is 5.57. The van der Waals surface area contributed by atoms with Gasteiger partial charge in [0.2, 0.25) is 0 Å². The van der Waals surface area contributed by atoms with Gasteiger partial charge in [0.15, 0.2) is 6.29 Å². The zero-order chi connectivity index (χ0) is 7.56. The topological polar surface area (TPSA) is 18.5 Å². The van der Waals surface area contributed by atoms with E-state index in [1.165, 1.54) is 0 Å². The summed E-state index contributed by atoms with van der Waals surface area (Å²) in [7, 11) is 0. The summed E-state index contributed by atoms with van der Waals surface area (Å²) in [5.74, 6) is 0.955. The van der Waals surface area contributed by atoms with E-state index in [0.717, 1.165) is 0 Å². The molecule has 0 aromatic carbocycles. The van der Waals surface area contributed by atoms with Gasteiger partial charge in [0.25, 0.3) is 0 Å². The minimum absolute atomic E-state index is 0.0382. The Kier molecular flexibility index (Phi) is 2.96. The van der Waals surface area contributed by atoms with Crippen LogP contribution >= 0.6 is 11.6 Å². The number of ether oxygens (including phenoxy) is 2. The fourth-order valence-corrected chi connectivity index (χ4v) is 1.06. The lowest BCUT2D eigenvalue weighted by atomic mass is 10.2. The first-order valence-electron chi connectivity index (χ1n) is 3.57. The van der Waals surface area contributed by atoms with Crippen LogP contribution in [0.4, 0.5) is 0 Å². The smallest absolute Gasteiger partial charge is 0.160 e. The first kappa shape index (κ1) is 8.31. The average Bonchev–Trinajstić information content (AvgIpc) is 2.34. The zero-order valence-electron chi connectivity index (χ0n) is 6.34. The number of hydrogen-bond acceptors (Lipinski definition) is 2. The molecule has 0 N–H and O–H groups in total. The van der Waals surface area contributed by atoms with Crippen LogP contribution in [0.1, 0.15) is 13.8 Å². The lowest BCUT2D eigenvalue weighted by molar-refractivity contribution is -0.0842. The van der Waals surface area contributed by atoms with Crippen molar-refractivity contribution in [2.24, 2.45) is 5.92 Å². The molecule has 0 aromatic rings. The van der Waals surface area contributed by atoms with Gasteiger partial charge in [0.05, 0.1) is 18.6 Å². The molecule has 0 spiro atoms. The molecule has 10 heavy (non-hydrogen) atoms. The van der Waals surface area contributed by atoms with E-state index in [9.17, 15) is 0 Å². The molecule has 1 rings (SSSR count). The van der Waals surface area contributed by atoms with Gasteiger partial charge in [-0.3, -0.25) is 0 Å². The Balaban J connectivity index is 2.28.